The molecule has 3 heteroatoms. The van der Waals surface area contributed by atoms with Gasteiger partial charge in [0.15, 0.2) is 0 Å². The number of nitrogens with one attached hydrogen (secondary N) is 2. The van der Waals surface area contributed by atoms with Crippen LogP contribution in [0.15, 0.2) is 0 Å². The molecule has 1 aliphatic heterocycles. The van der Waals surface area contributed by atoms with E-state index in [9.17, 15) is 4.79 Å². The molecule has 3 nitrogen and oxygen atoms in total. The Kier molecular flexibility index (Phi) is 4.39. The van der Waals surface area contributed by atoms with E-state index in [0.29, 0.717) is 12.0 Å². The second-order valence-corrected chi connectivity index (χ2v) is 4.26. The van der Waals surface area contributed by atoms with E-state index in [0.717, 1.165) is 25.9 Å². The molecule has 0 aromatic heterocycles. The maximum Gasteiger partial charge on any atom is 0.224 e. The van der Waals surface area contributed by atoms with Crippen LogP contribution >= 0.6 is 0 Å². The predicted octanol–water partition coefficient (Wildman–Crippen LogP) is 1.15. The summed E-state index contributed by atoms with van der Waals surface area (Å²) in [5.41, 5.74) is 0. The van der Waals surface area contributed by atoms with Crippen LogP contribution in [0.25, 0.3) is 0 Å². The Labute approximate surface area is 86.6 Å². The van der Waals surface area contributed by atoms with E-state index in [1.54, 1.807) is 0 Å². The Morgan fingerprint density at radius 3 is 2.50 bits per heavy atom. The van der Waals surface area contributed by atoms with Crippen LogP contribution in [0.1, 0.15) is 33.6 Å². The fourth-order valence-corrected chi connectivity index (χ4v) is 1.96. The van der Waals surface area contributed by atoms with Gasteiger partial charge in [-0.1, -0.05) is 20.8 Å². The predicted molar refractivity (Wildman–Crippen MR) is 58.0 cm³/mol. The van der Waals surface area contributed by atoms with Crippen molar-refractivity contribution in [3.05, 3.63) is 0 Å². The molecule has 0 bridgehead atoms. The van der Waals surface area contributed by atoms with Gasteiger partial charge in [-0.25, -0.2) is 0 Å². The number of carbonyl (C=O) groups is 1. The van der Waals surface area contributed by atoms with Gasteiger partial charge in [0.1, 0.15) is 0 Å². The van der Waals surface area contributed by atoms with Gasteiger partial charge in [-0.05, 0) is 25.3 Å². The lowest BCUT2D eigenvalue weighted by Crippen LogP contribution is -2.40. The third-order valence-electron chi connectivity index (χ3n) is 3.19. The van der Waals surface area contributed by atoms with Crippen LogP contribution in [0.5, 0.6) is 0 Å². The minimum atomic E-state index is 0.176. The molecule has 14 heavy (non-hydrogen) atoms. The summed E-state index contributed by atoms with van der Waals surface area (Å²) in [6.45, 7) is 8.18. The second kappa shape index (κ2) is 5.35. The van der Waals surface area contributed by atoms with Crippen molar-refractivity contribution < 1.29 is 4.79 Å². The van der Waals surface area contributed by atoms with Crippen LogP contribution < -0.4 is 10.6 Å². The van der Waals surface area contributed by atoms with E-state index in [1.807, 2.05) is 0 Å². The number of amides is 1. The highest BCUT2D eigenvalue weighted by molar-refractivity contribution is 5.79. The maximum atomic E-state index is 11.8. The SMILES string of the molecule is CCC(CC)NC(=O)C1CNCC1C. The van der Waals surface area contributed by atoms with Gasteiger partial charge in [-0.3, -0.25) is 4.79 Å². The molecule has 1 aliphatic rings. The third-order valence-corrected chi connectivity index (χ3v) is 3.19. The number of carbonyl (C=O) groups excluding carboxylic acids is 1. The lowest BCUT2D eigenvalue weighted by atomic mass is 9.96. The molecule has 2 unspecified atom stereocenters. The largest absolute Gasteiger partial charge is 0.353 e. The van der Waals surface area contributed by atoms with E-state index >= 15 is 0 Å². The summed E-state index contributed by atoms with van der Waals surface area (Å²) in [5, 5.41) is 6.36. The maximum absolute atomic E-state index is 11.8. The fourth-order valence-electron chi connectivity index (χ4n) is 1.96. The second-order valence-electron chi connectivity index (χ2n) is 4.26. The molecule has 1 saturated heterocycles. The van der Waals surface area contributed by atoms with E-state index in [4.69, 9.17) is 0 Å². The minimum absolute atomic E-state index is 0.176. The summed E-state index contributed by atoms with van der Waals surface area (Å²) in [5.74, 6) is 0.885. The first kappa shape index (κ1) is 11.5. The summed E-state index contributed by atoms with van der Waals surface area (Å²) < 4.78 is 0. The lowest BCUT2D eigenvalue weighted by Gasteiger charge is -2.19. The average molecular weight is 198 g/mol. The third kappa shape index (κ3) is 2.71. The quantitative estimate of drug-likeness (QED) is 0.711. The molecule has 0 saturated carbocycles. The molecule has 0 aliphatic carbocycles. The van der Waals surface area contributed by atoms with E-state index < -0.39 is 0 Å². The van der Waals surface area contributed by atoms with Gasteiger partial charge in [-0.2, -0.15) is 0 Å². The molecule has 1 fully saturated rings. The normalized spacial score (nSPS) is 26.9. The molecule has 0 aromatic carbocycles. The van der Waals surface area contributed by atoms with Gasteiger partial charge in [0.25, 0.3) is 0 Å². The highest BCUT2D eigenvalue weighted by atomic mass is 16.2. The van der Waals surface area contributed by atoms with E-state index in [2.05, 4.69) is 31.4 Å². The first-order valence-electron chi connectivity index (χ1n) is 5.70. The van der Waals surface area contributed by atoms with Gasteiger partial charge in [0, 0.05) is 12.6 Å². The van der Waals surface area contributed by atoms with Crippen LogP contribution in [0.2, 0.25) is 0 Å². The average Bonchev–Trinajstić information content (AvgIpc) is 2.60. The van der Waals surface area contributed by atoms with Gasteiger partial charge in [-0.15, -0.1) is 0 Å². The van der Waals surface area contributed by atoms with Crippen molar-refractivity contribution in [3.8, 4) is 0 Å². The summed E-state index contributed by atoms with van der Waals surface area (Å²) in [4.78, 5) is 11.8. The van der Waals surface area contributed by atoms with Crippen molar-refractivity contribution in [2.24, 2.45) is 11.8 Å². The van der Waals surface area contributed by atoms with Crippen molar-refractivity contribution in [2.45, 2.75) is 39.7 Å². The van der Waals surface area contributed by atoms with Crippen LogP contribution in [-0.2, 0) is 4.79 Å². The van der Waals surface area contributed by atoms with Gasteiger partial charge in [0.2, 0.25) is 5.91 Å². The standard InChI is InChI=1S/C11H22N2O/c1-4-9(5-2)13-11(14)10-7-12-6-8(10)3/h8-10,12H,4-7H2,1-3H3,(H,13,14). The molecule has 82 valence electrons. The smallest absolute Gasteiger partial charge is 0.224 e. The summed E-state index contributed by atoms with van der Waals surface area (Å²) in [6.07, 6.45) is 2.05. The Morgan fingerprint density at radius 2 is 2.07 bits per heavy atom. The van der Waals surface area contributed by atoms with Gasteiger partial charge in [0.05, 0.1) is 5.92 Å². The summed E-state index contributed by atoms with van der Waals surface area (Å²) in [6, 6.07) is 0.357. The Hall–Kier alpha value is -0.570. The molecule has 1 heterocycles. The van der Waals surface area contributed by atoms with Crippen molar-refractivity contribution in [1.29, 1.82) is 0 Å². The molecule has 0 radical (unpaired) electrons. The molecule has 1 rings (SSSR count). The van der Waals surface area contributed by atoms with Crippen molar-refractivity contribution in [2.75, 3.05) is 13.1 Å². The first-order valence-corrected chi connectivity index (χ1v) is 5.70. The highest BCUT2D eigenvalue weighted by Gasteiger charge is 2.29. The molecule has 2 atom stereocenters. The Balaban J connectivity index is 2.40. The van der Waals surface area contributed by atoms with Crippen molar-refractivity contribution >= 4 is 5.91 Å². The first-order chi connectivity index (χ1) is 6.69. The topological polar surface area (TPSA) is 41.1 Å². The van der Waals surface area contributed by atoms with E-state index in [1.165, 1.54) is 0 Å². The number of hydrogen-bond acceptors (Lipinski definition) is 2. The van der Waals surface area contributed by atoms with Crippen molar-refractivity contribution in [1.82, 2.24) is 10.6 Å². The van der Waals surface area contributed by atoms with Crippen LogP contribution in [-0.4, -0.2) is 25.0 Å². The fraction of sp³-hybridized carbons (Fsp3) is 0.909. The van der Waals surface area contributed by atoms with Crippen molar-refractivity contribution in [3.63, 3.8) is 0 Å². The number of hydrogen-bond donors (Lipinski definition) is 2. The molecule has 1 amide bonds. The van der Waals surface area contributed by atoms with Crippen LogP contribution in [0.4, 0.5) is 0 Å². The number of rotatable bonds is 4. The zero-order valence-electron chi connectivity index (χ0n) is 9.47. The van der Waals surface area contributed by atoms with Crippen LogP contribution in [0, 0.1) is 11.8 Å². The summed E-state index contributed by atoms with van der Waals surface area (Å²) >= 11 is 0. The molecular formula is C11H22N2O. The summed E-state index contributed by atoms with van der Waals surface area (Å²) in [7, 11) is 0. The molecule has 0 aromatic rings. The van der Waals surface area contributed by atoms with Crippen LogP contribution in [0.3, 0.4) is 0 Å². The zero-order chi connectivity index (χ0) is 10.6. The Morgan fingerprint density at radius 1 is 1.43 bits per heavy atom. The zero-order valence-corrected chi connectivity index (χ0v) is 9.47. The molecular weight excluding hydrogens is 176 g/mol. The monoisotopic (exact) mass is 198 g/mol. The van der Waals surface area contributed by atoms with E-state index in [-0.39, 0.29) is 11.8 Å². The molecule has 2 N–H and O–H groups in total. The molecule has 0 spiro atoms. The van der Waals surface area contributed by atoms with Gasteiger partial charge >= 0.3 is 0 Å². The highest BCUT2D eigenvalue weighted by Crippen LogP contribution is 2.16. The lowest BCUT2D eigenvalue weighted by molar-refractivity contribution is -0.126. The van der Waals surface area contributed by atoms with Gasteiger partial charge < -0.3 is 10.6 Å². The Bertz CT molecular complexity index is 190. The minimum Gasteiger partial charge on any atom is -0.353 e.